The molecular formula is C12H13N5O2. The molecule has 0 spiro atoms. The van der Waals surface area contributed by atoms with Gasteiger partial charge >= 0.3 is 0 Å². The Morgan fingerprint density at radius 3 is 3.05 bits per heavy atom. The van der Waals surface area contributed by atoms with Crippen LogP contribution < -0.4 is 5.56 Å². The second-order valence-electron chi connectivity index (χ2n) is 4.24. The average molecular weight is 259 g/mol. The van der Waals surface area contributed by atoms with E-state index >= 15 is 0 Å². The van der Waals surface area contributed by atoms with Crippen LogP contribution in [-0.2, 0) is 11.3 Å². The van der Waals surface area contributed by atoms with Crippen LogP contribution in [-0.4, -0.2) is 37.9 Å². The number of hydrogen-bond donors (Lipinski definition) is 0. The fourth-order valence-corrected chi connectivity index (χ4v) is 2.13. The van der Waals surface area contributed by atoms with Gasteiger partial charge in [-0.25, -0.2) is 4.98 Å². The molecule has 0 aromatic carbocycles. The van der Waals surface area contributed by atoms with Crippen LogP contribution in [0.5, 0.6) is 0 Å². The Kier molecular flexibility index (Phi) is 2.75. The van der Waals surface area contributed by atoms with Crippen molar-refractivity contribution in [2.45, 2.75) is 13.5 Å². The van der Waals surface area contributed by atoms with E-state index < -0.39 is 0 Å². The monoisotopic (exact) mass is 259 g/mol. The van der Waals surface area contributed by atoms with Gasteiger partial charge in [0.25, 0.3) is 11.3 Å². The first kappa shape index (κ1) is 11.8. The van der Waals surface area contributed by atoms with Gasteiger partial charge in [0.1, 0.15) is 6.33 Å². The molecule has 0 aliphatic carbocycles. The van der Waals surface area contributed by atoms with Crippen molar-refractivity contribution in [2.24, 2.45) is 0 Å². The molecule has 7 nitrogen and oxygen atoms in total. The van der Waals surface area contributed by atoms with Gasteiger partial charge in [-0.3, -0.25) is 4.79 Å². The number of nitrogens with zero attached hydrogens (tertiary/aromatic N) is 5. The summed E-state index contributed by atoms with van der Waals surface area (Å²) in [5.74, 6) is 0.499. The maximum absolute atomic E-state index is 12.4. The molecule has 3 aromatic rings. The van der Waals surface area contributed by atoms with E-state index in [1.165, 1.54) is 6.33 Å². The van der Waals surface area contributed by atoms with Crippen LogP contribution in [0.2, 0.25) is 0 Å². The number of aryl methyl sites for hydroxylation is 1. The number of ether oxygens (including phenoxy) is 1. The van der Waals surface area contributed by atoms with E-state index in [4.69, 9.17) is 4.74 Å². The van der Waals surface area contributed by atoms with Crippen molar-refractivity contribution >= 4 is 16.7 Å². The lowest BCUT2D eigenvalue weighted by Gasteiger charge is -2.08. The zero-order chi connectivity index (χ0) is 13.4. The van der Waals surface area contributed by atoms with E-state index in [9.17, 15) is 4.79 Å². The lowest BCUT2D eigenvalue weighted by molar-refractivity contribution is 0.186. The van der Waals surface area contributed by atoms with Gasteiger partial charge in [-0.1, -0.05) is 0 Å². The first-order chi connectivity index (χ1) is 9.22. The molecular weight excluding hydrogens is 246 g/mol. The molecule has 0 aliphatic heterocycles. The molecule has 19 heavy (non-hydrogen) atoms. The predicted molar refractivity (Wildman–Crippen MR) is 69.2 cm³/mol. The van der Waals surface area contributed by atoms with Crippen LogP contribution in [0.15, 0.2) is 23.4 Å². The fourth-order valence-electron chi connectivity index (χ4n) is 2.13. The summed E-state index contributed by atoms with van der Waals surface area (Å²) < 4.78 is 8.19. The van der Waals surface area contributed by atoms with Crippen LogP contribution in [0.25, 0.3) is 16.7 Å². The van der Waals surface area contributed by atoms with Crippen molar-refractivity contribution in [2.75, 3.05) is 13.7 Å². The molecule has 0 aliphatic rings. The summed E-state index contributed by atoms with van der Waals surface area (Å²) in [5, 5.41) is 4.66. The molecule has 7 heteroatoms. The van der Waals surface area contributed by atoms with Gasteiger partial charge in [-0.2, -0.15) is 14.6 Å². The van der Waals surface area contributed by atoms with Gasteiger partial charge in [0.2, 0.25) is 0 Å². The van der Waals surface area contributed by atoms with Gasteiger partial charge in [0.05, 0.1) is 23.2 Å². The van der Waals surface area contributed by atoms with Crippen LogP contribution >= 0.6 is 0 Å². The third kappa shape index (κ3) is 1.78. The van der Waals surface area contributed by atoms with Crippen molar-refractivity contribution in [1.82, 2.24) is 24.1 Å². The number of methoxy groups -OCH3 is 1. The normalized spacial score (nSPS) is 11.5. The first-order valence-corrected chi connectivity index (χ1v) is 5.91. The summed E-state index contributed by atoms with van der Waals surface area (Å²) in [6, 6.07) is 1.85. The minimum absolute atomic E-state index is 0.0862. The van der Waals surface area contributed by atoms with E-state index in [1.807, 2.05) is 6.07 Å². The number of hydrogen-bond acceptors (Lipinski definition) is 5. The molecule has 3 rings (SSSR count). The van der Waals surface area contributed by atoms with E-state index in [1.54, 1.807) is 29.3 Å². The maximum atomic E-state index is 12.4. The average Bonchev–Trinajstić information content (AvgIpc) is 2.85. The second-order valence-corrected chi connectivity index (χ2v) is 4.24. The molecule has 0 bridgehead atoms. The molecule has 0 N–H and O–H groups in total. The van der Waals surface area contributed by atoms with E-state index in [0.717, 1.165) is 5.52 Å². The van der Waals surface area contributed by atoms with Gasteiger partial charge in [0, 0.05) is 19.9 Å². The zero-order valence-corrected chi connectivity index (χ0v) is 10.7. The largest absolute Gasteiger partial charge is 0.383 e. The van der Waals surface area contributed by atoms with Gasteiger partial charge < -0.3 is 9.30 Å². The standard InChI is InChI=1S/C12H13N5O2/c1-8-10-9(17-12(15-8)13-7-14-17)3-4-16(11(10)18)5-6-19-2/h3-4,7H,5-6H2,1-2H3. The SMILES string of the molecule is COCCn1ccc2c(c(C)nc3ncnn32)c1=O. The molecule has 3 heterocycles. The van der Waals surface area contributed by atoms with Crippen molar-refractivity contribution in [3.63, 3.8) is 0 Å². The van der Waals surface area contributed by atoms with Crippen molar-refractivity contribution in [3.05, 3.63) is 34.6 Å². The lowest BCUT2D eigenvalue weighted by Crippen LogP contribution is -2.23. The highest BCUT2D eigenvalue weighted by molar-refractivity contribution is 5.81. The van der Waals surface area contributed by atoms with Crippen LogP contribution in [0.4, 0.5) is 0 Å². The van der Waals surface area contributed by atoms with Gasteiger partial charge in [0.15, 0.2) is 0 Å². The predicted octanol–water partition coefficient (Wildman–Crippen LogP) is 0.394. The van der Waals surface area contributed by atoms with Crippen LogP contribution in [0.1, 0.15) is 5.69 Å². The Morgan fingerprint density at radius 2 is 2.26 bits per heavy atom. The number of rotatable bonds is 3. The highest BCUT2D eigenvalue weighted by Gasteiger charge is 2.11. The second kappa shape index (κ2) is 4.43. The highest BCUT2D eigenvalue weighted by atomic mass is 16.5. The van der Waals surface area contributed by atoms with E-state index in [-0.39, 0.29) is 5.56 Å². The molecule has 0 saturated heterocycles. The van der Waals surface area contributed by atoms with Gasteiger partial charge in [-0.05, 0) is 13.0 Å². The summed E-state index contributed by atoms with van der Waals surface area (Å²) >= 11 is 0. The number of pyridine rings is 1. The summed E-state index contributed by atoms with van der Waals surface area (Å²) in [4.78, 5) is 20.8. The highest BCUT2D eigenvalue weighted by Crippen LogP contribution is 2.13. The quantitative estimate of drug-likeness (QED) is 0.680. The molecule has 0 saturated carbocycles. The number of aromatic nitrogens is 5. The summed E-state index contributed by atoms with van der Waals surface area (Å²) in [7, 11) is 1.61. The lowest BCUT2D eigenvalue weighted by atomic mass is 10.2. The van der Waals surface area contributed by atoms with Crippen molar-refractivity contribution < 1.29 is 4.74 Å². The first-order valence-electron chi connectivity index (χ1n) is 5.91. The topological polar surface area (TPSA) is 74.3 Å². The third-order valence-electron chi connectivity index (χ3n) is 3.07. The van der Waals surface area contributed by atoms with Crippen LogP contribution in [0, 0.1) is 6.92 Å². The Morgan fingerprint density at radius 1 is 1.42 bits per heavy atom. The Bertz CT molecular complexity index is 805. The minimum atomic E-state index is -0.0862. The van der Waals surface area contributed by atoms with Crippen molar-refractivity contribution in [3.8, 4) is 0 Å². The van der Waals surface area contributed by atoms with E-state index in [2.05, 4.69) is 15.1 Å². The summed E-state index contributed by atoms with van der Waals surface area (Å²) in [5.41, 5.74) is 1.29. The Hall–Kier alpha value is -2.28. The molecule has 0 unspecified atom stereocenters. The van der Waals surface area contributed by atoms with Crippen LogP contribution in [0.3, 0.4) is 0 Å². The minimum Gasteiger partial charge on any atom is -0.383 e. The van der Waals surface area contributed by atoms with Gasteiger partial charge in [-0.15, -0.1) is 0 Å². The maximum Gasteiger partial charge on any atom is 0.261 e. The zero-order valence-electron chi connectivity index (χ0n) is 10.7. The third-order valence-corrected chi connectivity index (χ3v) is 3.07. The Labute approximate surface area is 108 Å². The molecule has 3 aromatic heterocycles. The molecule has 0 amide bonds. The summed E-state index contributed by atoms with van der Waals surface area (Å²) in [6.07, 6.45) is 3.17. The Balaban J connectivity index is 2.33. The summed E-state index contributed by atoms with van der Waals surface area (Å²) in [6.45, 7) is 2.81. The number of fused-ring (bicyclic) bond motifs is 3. The van der Waals surface area contributed by atoms with Crippen molar-refractivity contribution in [1.29, 1.82) is 0 Å². The fraction of sp³-hybridized carbons (Fsp3) is 0.333. The smallest absolute Gasteiger partial charge is 0.261 e. The molecule has 0 atom stereocenters. The van der Waals surface area contributed by atoms with E-state index in [0.29, 0.717) is 30.0 Å². The molecule has 0 radical (unpaired) electrons. The molecule has 0 fully saturated rings. The molecule has 98 valence electrons.